The van der Waals surface area contributed by atoms with Gasteiger partial charge in [0.25, 0.3) is 15.9 Å². The number of rotatable bonds is 4. The third kappa shape index (κ3) is 3.83. The van der Waals surface area contributed by atoms with Crippen LogP contribution in [0.3, 0.4) is 0 Å². The number of hydrogen-bond donors (Lipinski definition) is 1. The normalized spacial score (nSPS) is 13.6. The average molecular weight is 421 g/mol. The summed E-state index contributed by atoms with van der Waals surface area (Å²) in [7, 11) is -3.62. The van der Waals surface area contributed by atoms with E-state index in [1.165, 1.54) is 4.31 Å². The van der Waals surface area contributed by atoms with Crippen molar-refractivity contribution in [2.45, 2.75) is 31.6 Å². The fraction of sp³-hybridized carbons (Fsp3) is 0.208. The van der Waals surface area contributed by atoms with E-state index in [1.807, 2.05) is 38.1 Å². The number of aryl methyl sites for hydroxylation is 3. The molecule has 0 bridgehead atoms. The first-order chi connectivity index (χ1) is 14.4. The smallest absolute Gasteiger partial charge is 0.264 e. The van der Waals surface area contributed by atoms with Gasteiger partial charge in [-0.2, -0.15) is 0 Å². The van der Waals surface area contributed by atoms with E-state index in [0.29, 0.717) is 23.5 Å². The first-order valence-corrected chi connectivity index (χ1v) is 11.4. The van der Waals surface area contributed by atoms with Crippen LogP contribution in [0.5, 0.6) is 0 Å². The van der Waals surface area contributed by atoms with Crippen LogP contribution in [-0.2, 0) is 16.4 Å². The van der Waals surface area contributed by atoms with E-state index in [1.54, 1.807) is 42.5 Å². The lowest BCUT2D eigenvalue weighted by Gasteiger charge is -2.31. The molecule has 0 saturated heterocycles. The summed E-state index contributed by atoms with van der Waals surface area (Å²) in [6.45, 7) is 4.31. The van der Waals surface area contributed by atoms with Gasteiger partial charge < -0.3 is 5.32 Å². The van der Waals surface area contributed by atoms with Crippen LogP contribution in [-0.4, -0.2) is 20.9 Å². The van der Waals surface area contributed by atoms with Gasteiger partial charge in [-0.05, 0) is 74.2 Å². The van der Waals surface area contributed by atoms with Crippen LogP contribution in [0.25, 0.3) is 0 Å². The highest BCUT2D eigenvalue weighted by Crippen LogP contribution is 2.34. The van der Waals surface area contributed by atoms with Gasteiger partial charge in [-0.3, -0.25) is 9.10 Å². The highest BCUT2D eigenvalue weighted by molar-refractivity contribution is 7.92. The molecule has 154 valence electrons. The summed E-state index contributed by atoms with van der Waals surface area (Å²) in [5, 5.41) is 2.95. The van der Waals surface area contributed by atoms with Crippen molar-refractivity contribution in [1.82, 2.24) is 0 Å². The van der Waals surface area contributed by atoms with Crippen molar-refractivity contribution in [3.05, 3.63) is 89.0 Å². The molecule has 3 aromatic rings. The summed E-state index contributed by atoms with van der Waals surface area (Å²) in [4.78, 5) is 13.0. The van der Waals surface area contributed by atoms with Gasteiger partial charge >= 0.3 is 0 Å². The van der Waals surface area contributed by atoms with Crippen molar-refractivity contribution in [2.24, 2.45) is 0 Å². The Hall–Kier alpha value is -3.12. The second-order valence-electron chi connectivity index (χ2n) is 7.61. The number of hydrogen-bond acceptors (Lipinski definition) is 3. The SMILES string of the molecule is Cc1ccc(C)c(C(=O)Nc2ccc3c(c2)CCCN3S(=O)(=O)c2ccccc2)c1. The Morgan fingerprint density at radius 3 is 2.50 bits per heavy atom. The molecule has 5 nitrogen and oxygen atoms in total. The number of amides is 1. The third-order valence-electron chi connectivity index (χ3n) is 5.38. The summed E-state index contributed by atoms with van der Waals surface area (Å²) < 4.78 is 27.7. The molecule has 1 aliphatic rings. The molecular formula is C24H24N2O3S. The molecule has 1 amide bonds. The zero-order valence-electron chi connectivity index (χ0n) is 17.1. The quantitative estimate of drug-likeness (QED) is 0.665. The van der Waals surface area contributed by atoms with E-state index in [0.717, 1.165) is 29.5 Å². The number of nitrogens with one attached hydrogen (secondary N) is 1. The van der Waals surface area contributed by atoms with E-state index >= 15 is 0 Å². The Morgan fingerprint density at radius 2 is 1.73 bits per heavy atom. The van der Waals surface area contributed by atoms with Gasteiger partial charge in [0.1, 0.15) is 0 Å². The van der Waals surface area contributed by atoms with Crippen LogP contribution in [0, 0.1) is 13.8 Å². The van der Waals surface area contributed by atoms with Crippen molar-refractivity contribution in [3.8, 4) is 0 Å². The van der Waals surface area contributed by atoms with Crippen LogP contribution in [0.4, 0.5) is 11.4 Å². The van der Waals surface area contributed by atoms with Gasteiger partial charge in [0.05, 0.1) is 10.6 Å². The topological polar surface area (TPSA) is 66.5 Å². The lowest BCUT2D eigenvalue weighted by molar-refractivity contribution is 0.102. The molecule has 30 heavy (non-hydrogen) atoms. The number of fused-ring (bicyclic) bond motifs is 1. The van der Waals surface area contributed by atoms with Crippen LogP contribution in [0.2, 0.25) is 0 Å². The molecule has 0 aliphatic carbocycles. The molecule has 0 unspecified atom stereocenters. The van der Waals surface area contributed by atoms with E-state index in [9.17, 15) is 13.2 Å². The standard InChI is InChI=1S/C24H24N2O3S/c1-17-10-11-18(2)22(15-17)24(27)25-20-12-13-23-19(16-20)7-6-14-26(23)30(28,29)21-8-4-3-5-9-21/h3-5,8-13,15-16H,6-7,14H2,1-2H3,(H,25,27). The predicted molar refractivity (Wildman–Crippen MR) is 120 cm³/mol. The van der Waals surface area contributed by atoms with Crippen LogP contribution < -0.4 is 9.62 Å². The summed E-state index contributed by atoms with van der Waals surface area (Å²) in [6.07, 6.45) is 1.50. The second kappa shape index (κ2) is 7.95. The zero-order chi connectivity index (χ0) is 21.3. The minimum atomic E-state index is -3.62. The number of carbonyl (C=O) groups excluding carboxylic acids is 1. The second-order valence-corrected chi connectivity index (χ2v) is 9.47. The van der Waals surface area contributed by atoms with Crippen LogP contribution in [0.1, 0.15) is 33.5 Å². The van der Waals surface area contributed by atoms with Gasteiger partial charge in [-0.15, -0.1) is 0 Å². The Labute approximate surface area is 177 Å². The Morgan fingerprint density at radius 1 is 0.967 bits per heavy atom. The molecule has 0 aromatic heterocycles. The van der Waals surface area contributed by atoms with E-state index < -0.39 is 10.0 Å². The maximum atomic E-state index is 13.1. The summed E-state index contributed by atoms with van der Waals surface area (Å²) in [5.41, 5.74) is 4.84. The molecule has 4 rings (SSSR count). The highest BCUT2D eigenvalue weighted by atomic mass is 32.2. The summed E-state index contributed by atoms with van der Waals surface area (Å²) in [6, 6.07) is 19.7. The molecule has 0 spiro atoms. The first-order valence-electron chi connectivity index (χ1n) is 9.95. The van der Waals surface area contributed by atoms with Crippen molar-refractivity contribution >= 4 is 27.3 Å². The van der Waals surface area contributed by atoms with Crippen LogP contribution in [0.15, 0.2) is 71.6 Å². The van der Waals surface area contributed by atoms with Crippen LogP contribution >= 0.6 is 0 Å². The minimum Gasteiger partial charge on any atom is -0.322 e. The molecule has 1 N–H and O–H groups in total. The lowest BCUT2D eigenvalue weighted by Crippen LogP contribution is -2.35. The molecule has 6 heteroatoms. The van der Waals surface area contributed by atoms with Gasteiger partial charge in [-0.25, -0.2) is 8.42 Å². The van der Waals surface area contributed by atoms with E-state index in [2.05, 4.69) is 5.32 Å². The van der Waals surface area contributed by atoms with Gasteiger partial charge in [0.2, 0.25) is 0 Å². The van der Waals surface area contributed by atoms with Gasteiger partial charge in [0.15, 0.2) is 0 Å². The lowest BCUT2D eigenvalue weighted by atomic mass is 10.0. The molecule has 3 aromatic carbocycles. The summed E-state index contributed by atoms with van der Waals surface area (Å²) >= 11 is 0. The number of benzene rings is 3. The summed E-state index contributed by atoms with van der Waals surface area (Å²) in [5.74, 6) is -0.166. The Kier molecular flexibility index (Phi) is 5.35. The molecule has 0 atom stereocenters. The fourth-order valence-electron chi connectivity index (χ4n) is 3.79. The molecular weight excluding hydrogens is 396 g/mol. The van der Waals surface area contributed by atoms with E-state index in [4.69, 9.17) is 0 Å². The third-order valence-corrected chi connectivity index (χ3v) is 7.21. The Bertz CT molecular complexity index is 1200. The highest BCUT2D eigenvalue weighted by Gasteiger charge is 2.29. The number of sulfonamides is 1. The minimum absolute atomic E-state index is 0.166. The molecule has 0 radical (unpaired) electrons. The largest absolute Gasteiger partial charge is 0.322 e. The van der Waals surface area contributed by atoms with E-state index in [-0.39, 0.29) is 10.8 Å². The number of nitrogens with zero attached hydrogens (tertiary/aromatic N) is 1. The van der Waals surface area contributed by atoms with Crippen molar-refractivity contribution in [1.29, 1.82) is 0 Å². The number of anilines is 2. The molecule has 0 saturated carbocycles. The van der Waals surface area contributed by atoms with Gasteiger partial charge in [0, 0.05) is 17.8 Å². The molecule has 1 aliphatic heterocycles. The maximum Gasteiger partial charge on any atom is 0.264 e. The fourth-order valence-corrected chi connectivity index (χ4v) is 5.35. The van der Waals surface area contributed by atoms with Gasteiger partial charge in [-0.1, -0.05) is 35.9 Å². The van der Waals surface area contributed by atoms with Crippen molar-refractivity contribution in [2.75, 3.05) is 16.2 Å². The molecule has 0 fully saturated rings. The monoisotopic (exact) mass is 420 g/mol. The first kappa shape index (κ1) is 20.2. The Balaban J connectivity index is 1.62. The number of carbonyl (C=O) groups is 1. The zero-order valence-corrected chi connectivity index (χ0v) is 17.9. The van der Waals surface area contributed by atoms with Crippen molar-refractivity contribution < 1.29 is 13.2 Å². The molecule has 1 heterocycles. The predicted octanol–water partition coefficient (Wildman–Crippen LogP) is 4.70. The van der Waals surface area contributed by atoms with Crippen molar-refractivity contribution in [3.63, 3.8) is 0 Å². The average Bonchev–Trinajstić information content (AvgIpc) is 2.75. The maximum absolute atomic E-state index is 13.1.